The standard InChI is InChI=1S/C38H50N2O5S/c1-6-36(4)21-31(37(5)24(2)15-17-38(25(3)34(36)43)18-16-30(41)33(37)38)45-32(42)23-46-28-14-10-13-27(19-28)22-40-35(44)29(39)20-26-11-8-7-9-12-26/h6-14,19,24-25,29,31,33-34,43H,1,15-18,20-23,39H2,2-5H3,(H,40,44)/t24?,25-,29-,31+,33?,34-,36+,37-,38?/m0/s1. The van der Waals surface area contributed by atoms with Gasteiger partial charge in [0.1, 0.15) is 11.9 Å². The largest absolute Gasteiger partial charge is 0.461 e. The van der Waals surface area contributed by atoms with E-state index in [4.69, 9.17) is 10.5 Å². The van der Waals surface area contributed by atoms with E-state index in [9.17, 15) is 19.5 Å². The number of ketones is 1. The molecule has 3 aliphatic carbocycles. The van der Waals surface area contributed by atoms with Crippen LogP contribution in [0.2, 0.25) is 0 Å². The van der Waals surface area contributed by atoms with Gasteiger partial charge in [0, 0.05) is 34.6 Å². The first kappa shape index (κ1) is 34.4. The SMILES string of the molecule is C=C[C@]1(C)C[C@@H](OC(=O)CSc2cccc(CNC(=O)[C@@H](N)Cc3ccccc3)c2)[C@]2(C)C(C)CCC3(CCC(=O)C32)[C@@H](C)[C@@H]1O. The Labute approximate surface area is 278 Å². The first-order valence-corrected chi connectivity index (χ1v) is 17.7. The van der Waals surface area contributed by atoms with Crippen molar-refractivity contribution in [3.63, 3.8) is 0 Å². The third kappa shape index (κ3) is 6.45. The second kappa shape index (κ2) is 13.7. The van der Waals surface area contributed by atoms with Crippen molar-refractivity contribution in [2.24, 2.45) is 39.7 Å². The van der Waals surface area contributed by atoms with Crippen molar-refractivity contribution >= 4 is 29.4 Å². The maximum atomic E-state index is 13.6. The number of rotatable bonds is 10. The van der Waals surface area contributed by atoms with Crippen LogP contribution in [-0.2, 0) is 32.1 Å². The fourth-order valence-electron chi connectivity index (χ4n) is 8.86. The molecular weight excluding hydrogens is 596 g/mol. The van der Waals surface area contributed by atoms with E-state index in [2.05, 4.69) is 32.7 Å². The van der Waals surface area contributed by atoms with Gasteiger partial charge in [-0.3, -0.25) is 14.4 Å². The van der Waals surface area contributed by atoms with Gasteiger partial charge >= 0.3 is 5.97 Å². The molecule has 0 radical (unpaired) electrons. The van der Waals surface area contributed by atoms with Gasteiger partial charge in [-0.15, -0.1) is 18.3 Å². The van der Waals surface area contributed by atoms with Crippen molar-refractivity contribution < 1.29 is 24.2 Å². The first-order valence-electron chi connectivity index (χ1n) is 16.7. The van der Waals surface area contributed by atoms with E-state index in [0.29, 0.717) is 25.8 Å². The van der Waals surface area contributed by atoms with E-state index in [1.54, 1.807) is 0 Å². The third-order valence-corrected chi connectivity index (χ3v) is 12.9. The molecule has 3 aliphatic rings. The van der Waals surface area contributed by atoms with Gasteiger partial charge in [-0.25, -0.2) is 0 Å². The van der Waals surface area contributed by atoms with E-state index in [-0.39, 0.29) is 46.6 Å². The molecule has 46 heavy (non-hydrogen) atoms. The molecule has 0 heterocycles. The summed E-state index contributed by atoms with van der Waals surface area (Å²) in [5.74, 6) is -0.343. The van der Waals surface area contributed by atoms with Crippen molar-refractivity contribution in [2.75, 3.05) is 5.75 Å². The molecule has 9 atom stereocenters. The Morgan fingerprint density at radius 3 is 2.57 bits per heavy atom. The Bertz CT molecular complexity index is 1450. The van der Waals surface area contributed by atoms with Crippen LogP contribution in [0.1, 0.15) is 70.9 Å². The van der Waals surface area contributed by atoms with Crippen LogP contribution in [0.25, 0.3) is 0 Å². The number of carbonyl (C=O) groups is 3. The van der Waals surface area contributed by atoms with Crippen LogP contribution in [0, 0.1) is 34.0 Å². The van der Waals surface area contributed by atoms with Gasteiger partial charge in [-0.2, -0.15) is 0 Å². The van der Waals surface area contributed by atoms with Crippen LogP contribution >= 0.6 is 11.8 Å². The second-order valence-electron chi connectivity index (χ2n) is 14.5. The van der Waals surface area contributed by atoms with Gasteiger partial charge in [0.2, 0.25) is 5.91 Å². The molecule has 0 aromatic heterocycles. The highest BCUT2D eigenvalue weighted by Crippen LogP contribution is 2.68. The van der Waals surface area contributed by atoms with Crippen LogP contribution in [0.15, 0.2) is 72.1 Å². The number of Topliss-reactive ketones (excluding diaryl/α,β-unsaturated/α-hetero) is 1. The van der Waals surface area contributed by atoms with Gasteiger partial charge < -0.3 is 20.9 Å². The number of ether oxygens (including phenoxy) is 1. The van der Waals surface area contributed by atoms with Crippen molar-refractivity contribution in [2.45, 2.75) is 95.9 Å². The average Bonchev–Trinajstić information content (AvgIpc) is 3.41. The van der Waals surface area contributed by atoms with Crippen LogP contribution in [-0.4, -0.2) is 46.8 Å². The summed E-state index contributed by atoms with van der Waals surface area (Å²) in [6, 6.07) is 16.8. The zero-order valence-corrected chi connectivity index (χ0v) is 28.5. The monoisotopic (exact) mass is 646 g/mol. The predicted octanol–water partition coefficient (Wildman–Crippen LogP) is 5.87. The lowest BCUT2D eigenvalue weighted by Crippen LogP contribution is -2.63. The normalized spacial score (nSPS) is 34.5. The molecule has 8 heteroatoms. The lowest BCUT2D eigenvalue weighted by Gasteiger charge is -2.61. The van der Waals surface area contributed by atoms with Crippen molar-refractivity contribution in [1.82, 2.24) is 5.32 Å². The molecule has 0 saturated heterocycles. The summed E-state index contributed by atoms with van der Waals surface area (Å²) in [6.45, 7) is 12.9. The molecule has 0 aliphatic heterocycles. The Balaban J connectivity index is 1.26. The molecule has 248 valence electrons. The lowest BCUT2D eigenvalue weighted by atomic mass is 9.44. The number of aliphatic hydroxyl groups excluding tert-OH is 1. The summed E-state index contributed by atoms with van der Waals surface area (Å²) >= 11 is 1.38. The number of amides is 1. The molecule has 0 spiro atoms. The maximum Gasteiger partial charge on any atom is 0.316 e. The van der Waals surface area contributed by atoms with Crippen molar-refractivity contribution in [3.05, 3.63) is 78.4 Å². The van der Waals surface area contributed by atoms with Crippen LogP contribution in [0.5, 0.6) is 0 Å². The predicted molar refractivity (Wildman–Crippen MR) is 182 cm³/mol. The number of aliphatic hydroxyl groups is 1. The number of carbonyl (C=O) groups excluding carboxylic acids is 3. The summed E-state index contributed by atoms with van der Waals surface area (Å²) in [5.41, 5.74) is 6.55. The zero-order valence-electron chi connectivity index (χ0n) is 27.7. The summed E-state index contributed by atoms with van der Waals surface area (Å²) < 4.78 is 6.38. The van der Waals surface area contributed by atoms with Gasteiger partial charge in [-0.1, -0.05) is 76.2 Å². The van der Waals surface area contributed by atoms with Gasteiger partial charge in [0.25, 0.3) is 0 Å². The van der Waals surface area contributed by atoms with Crippen LogP contribution in [0.4, 0.5) is 0 Å². The highest BCUT2D eigenvalue weighted by molar-refractivity contribution is 8.00. The van der Waals surface area contributed by atoms with Crippen LogP contribution < -0.4 is 11.1 Å². The Morgan fingerprint density at radius 1 is 1.13 bits per heavy atom. The summed E-state index contributed by atoms with van der Waals surface area (Å²) in [7, 11) is 0. The topological polar surface area (TPSA) is 119 Å². The summed E-state index contributed by atoms with van der Waals surface area (Å²) in [6.07, 6.45) is 4.60. The van der Waals surface area contributed by atoms with Crippen molar-refractivity contribution in [3.8, 4) is 0 Å². The molecule has 5 rings (SSSR count). The summed E-state index contributed by atoms with van der Waals surface area (Å²) in [4.78, 5) is 40.7. The van der Waals surface area contributed by atoms with Gasteiger partial charge in [0.15, 0.2) is 0 Å². The quantitative estimate of drug-likeness (QED) is 0.168. The Hall–Kier alpha value is -2.94. The van der Waals surface area contributed by atoms with E-state index in [0.717, 1.165) is 35.3 Å². The molecule has 2 aromatic rings. The molecule has 3 fully saturated rings. The van der Waals surface area contributed by atoms with Crippen molar-refractivity contribution in [1.29, 1.82) is 0 Å². The molecule has 2 aromatic carbocycles. The second-order valence-corrected chi connectivity index (χ2v) is 15.6. The number of hydrogen-bond acceptors (Lipinski definition) is 7. The molecule has 2 bridgehead atoms. The summed E-state index contributed by atoms with van der Waals surface area (Å²) in [5, 5.41) is 14.7. The number of hydrogen-bond donors (Lipinski definition) is 3. The maximum absolute atomic E-state index is 13.6. The minimum atomic E-state index is -0.692. The lowest BCUT2D eigenvalue weighted by molar-refractivity contribution is -0.205. The molecule has 3 saturated carbocycles. The fraction of sp³-hybridized carbons (Fsp3) is 0.553. The van der Waals surface area contributed by atoms with E-state index >= 15 is 0 Å². The fourth-order valence-corrected chi connectivity index (χ4v) is 9.62. The molecular formula is C38H50N2O5S. The first-order chi connectivity index (χ1) is 21.8. The number of nitrogens with two attached hydrogens (primary N) is 1. The third-order valence-electron chi connectivity index (χ3n) is 11.9. The highest BCUT2D eigenvalue weighted by Gasteiger charge is 2.68. The van der Waals surface area contributed by atoms with Crippen LogP contribution in [0.3, 0.4) is 0 Å². The molecule has 3 unspecified atom stereocenters. The Morgan fingerprint density at radius 2 is 1.85 bits per heavy atom. The average molecular weight is 647 g/mol. The molecule has 1 amide bonds. The minimum Gasteiger partial charge on any atom is -0.461 e. The van der Waals surface area contributed by atoms with Gasteiger partial charge in [0.05, 0.1) is 17.9 Å². The smallest absolute Gasteiger partial charge is 0.316 e. The number of esters is 1. The highest BCUT2D eigenvalue weighted by atomic mass is 32.2. The molecule has 4 N–H and O–H groups in total. The van der Waals surface area contributed by atoms with E-state index in [1.807, 2.05) is 67.6 Å². The minimum absolute atomic E-state index is 0.0670. The van der Waals surface area contributed by atoms with E-state index in [1.165, 1.54) is 11.8 Å². The van der Waals surface area contributed by atoms with E-state index < -0.39 is 29.1 Å². The number of nitrogens with one attached hydrogen (secondary N) is 1. The number of thioether (sulfide) groups is 1. The molecule has 7 nitrogen and oxygen atoms in total. The Kier molecular flexibility index (Phi) is 10.2. The number of benzene rings is 2. The van der Waals surface area contributed by atoms with Gasteiger partial charge in [-0.05, 0) is 72.6 Å². The zero-order chi connectivity index (χ0) is 33.3.